The van der Waals surface area contributed by atoms with Gasteiger partial charge in [0, 0.05) is 19.4 Å². The van der Waals surface area contributed by atoms with E-state index in [0.717, 1.165) is 13.0 Å². The smallest absolute Gasteiger partial charge is 0.282 e. The Labute approximate surface area is 150 Å². The molecule has 0 aliphatic heterocycles. The zero-order valence-electron chi connectivity index (χ0n) is 13.7. The number of para-hydroxylation sites is 1. The fraction of sp³-hybridized carbons (Fsp3) is 0.235. The van der Waals surface area contributed by atoms with Gasteiger partial charge in [0.2, 0.25) is 10.5 Å². The Bertz CT molecular complexity index is 1010. The Morgan fingerprint density at radius 2 is 1.84 bits per heavy atom. The van der Waals surface area contributed by atoms with Gasteiger partial charge in [-0.3, -0.25) is 4.55 Å². The van der Waals surface area contributed by atoms with Crippen LogP contribution in [0.3, 0.4) is 0 Å². The lowest BCUT2D eigenvalue weighted by Gasteiger charge is -1.97. The maximum Gasteiger partial charge on any atom is 0.294 e. The summed E-state index contributed by atoms with van der Waals surface area (Å²) in [7, 11) is -4.17. The highest BCUT2D eigenvalue weighted by atomic mass is 32.2. The van der Waals surface area contributed by atoms with E-state index in [1.54, 1.807) is 11.3 Å². The number of rotatable bonds is 6. The third kappa shape index (κ3) is 4.28. The normalized spacial score (nSPS) is 12.2. The van der Waals surface area contributed by atoms with E-state index in [1.807, 2.05) is 12.1 Å². The van der Waals surface area contributed by atoms with Crippen LogP contribution >= 0.6 is 11.3 Å². The Kier molecular flexibility index (Phi) is 5.22. The first-order chi connectivity index (χ1) is 11.9. The highest BCUT2D eigenvalue weighted by molar-refractivity contribution is 7.85. The molecule has 25 heavy (non-hydrogen) atoms. The minimum absolute atomic E-state index is 0.150. The second-order valence-electron chi connectivity index (χ2n) is 5.53. The molecule has 0 radical (unpaired) electrons. The minimum atomic E-state index is -4.17. The molecule has 6 nitrogen and oxygen atoms in total. The molecule has 0 saturated carbocycles. The largest absolute Gasteiger partial charge is 0.294 e. The van der Waals surface area contributed by atoms with Gasteiger partial charge in [-0.15, -0.1) is 0 Å². The molecule has 3 rings (SSSR count). The molecule has 0 aliphatic rings. The predicted molar refractivity (Wildman–Crippen MR) is 97.0 cm³/mol. The molecule has 1 heterocycles. The lowest BCUT2D eigenvalue weighted by atomic mass is 10.3. The Morgan fingerprint density at radius 1 is 1.12 bits per heavy atom. The minimum Gasteiger partial charge on any atom is -0.282 e. The standard InChI is InChI=1S/C17H17N3O3S2/c1-13-20(16-5-2-3-6-17(16)24-13)12-4-11-18-19-14-7-9-15(10-8-14)25(21,22)23/h2-3,5-10H,4,11-12H2,1H3/p+1. The van der Waals surface area contributed by atoms with Crippen molar-refractivity contribution in [3.05, 3.63) is 53.5 Å². The number of azo groups is 1. The Balaban J connectivity index is 1.57. The highest BCUT2D eigenvalue weighted by Crippen LogP contribution is 2.19. The van der Waals surface area contributed by atoms with Gasteiger partial charge in [0.05, 0.1) is 17.1 Å². The lowest BCUT2D eigenvalue weighted by Crippen LogP contribution is -2.35. The first-order valence-corrected chi connectivity index (χ1v) is 10.0. The van der Waals surface area contributed by atoms with Gasteiger partial charge in [-0.1, -0.05) is 23.5 Å². The summed E-state index contributed by atoms with van der Waals surface area (Å²) in [5.74, 6) is 0. The molecule has 0 aliphatic carbocycles. The zero-order chi connectivity index (χ0) is 17.9. The van der Waals surface area contributed by atoms with Crippen LogP contribution in [-0.4, -0.2) is 19.5 Å². The van der Waals surface area contributed by atoms with Crippen molar-refractivity contribution in [2.75, 3.05) is 6.54 Å². The van der Waals surface area contributed by atoms with Gasteiger partial charge >= 0.3 is 0 Å². The van der Waals surface area contributed by atoms with Crippen LogP contribution in [0.25, 0.3) is 10.2 Å². The third-order valence-corrected chi connectivity index (χ3v) is 5.70. The molecule has 3 aromatic rings. The van der Waals surface area contributed by atoms with E-state index in [0.29, 0.717) is 12.2 Å². The van der Waals surface area contributed by atoms with E-state index in [2.05, 4.69) is 33.9 Å². The van der Waals surface area contributed by atoms with Gasteiger partial charge in [0.15, 0.2) is 6.54 Å². The van der Waals surface area contributed by atoms with E-state index in [1.165, 1.54) is 39.5 Å². The Morgan fingerprint density at radius 3 is 2.56 bits per heavy atom. The number of hydrogen-bond donors (Lipinski definition) is 1. The van der Waals surface area contributed by atoms with Gasteiger partial charge < -0.3 is 0 Å². The van der Waals surface area contributed by atoms with E-state index >= 15 is 0 Å². The number of benzene rings is 2. The molecule has 0 amide bonds. The summed E-state index contributed by atoms with van der Waals surface area (Å²) >= 11 is 1.78. The molecule has 2 aromatic carbocycles. The quantitative estimate of drug-likeness (QED) is 0.306. The van der Waals surface area contributed by atoms with Crippen molar-refractivity contribution in [3.8, 4) is 0 Å². The number of aromatic nitrogens is 1. The summed E-state index contributed by atoms with van der Waals surface area (Å²) in [5.41, 5.74) is 1.79. The van der Waals surface area contributed by atoms with Gasteiger partial charge in [0.25, 0.3) is 10.1 Å². The summed E-state index contributed by atoms with van der Waals surface area (Å²) in [6, 6.07) is 14.0. The van der Waals surface area contributed by atoms with Crippen molar-refractivity contribution in [3.63, 3.8) is 0 Å². The molecular weight excluding hydrogens is 358 g/mol. The van der Waals surface area contributed by atoms with Crippen LogP contribution in [0, 0.1) is 6.92 Å². The second kappa shape index (κ2) is 7.38. The van der Waals surface area contributed by atoms with E-state index in [4.69, 9.17) is 4.55 Å². The molecule has 0 saturated heterocycles. The summed E-state index contributed by atoms with van der Waals surface area (Å²) < 4.78 is 34.5. The van der Waals surface area contributed by atoms with E-state index in [-0.39, 0.29) is 4.90 Å². The van der Waals surface area contributed by atoms with Crippen LogP contribution in [-0.2, 0) is 16.7 Å². The summed E-state index contributed by atoms with van der Waals surface area (Å²) in [6.07, 6.45) is 0.860. The van der Waals surface area contributed by atoms with Gasteiger partial charge in [-0.2, -0.15) is 23.2 Å². The van der Waals surface area contributed by atoms with Crippen molar-refractivity contribution in [1.82, 2.24) is 0 Å². The molecule has 8 heteroatoms. The maximum atomic E-state index is 11.0. The number of fused-ring (bicyclic) bond motifs is 1. The molecule has 0 bridgehead atoms. The molecule has 0 fully saturated rings. The first-order valence-electron chi connectivity index (χ1n) is 7.78. The molecule has 130 valence electrons. The van der Waals surface area contributed by atoms with Crippen molar-refractivity contribution >= 4 is 37.4 Å². The van der Waals surface area contributed by atoms with E-state index < -0.39 is 10.1 Å². The van der Waals surface area contributed by atoms with Crippen LogP contribution in [0.2, 0.25) is 0 Å². The Hall–Kier alpha value is -2.16. The highest BCUT2D eigenvalue weighted by Gasteiger charge is 2.15. The number of nitrogens with zero attached hydrogens (tertiary/aromatic N) is 3. The fourth-order valence-electron chi connectivity index (χ4n) is 2.54. The van der Waals surface area contributed by atoms with Gasteiger partial charge in [0.1, 0.15) is 4.70 Å². The SMILES string of the molecule is Cc1sc2ccccc2[n+]1CCCN=Nc1ccc(S(=O)(=O)O)cc1. The fourth-order valence-corrected chi connectivity index (χ4v) is 4.07. The predicted octanol–water partition coefficient (Wildman–Crippen LogP) is 3.92. The number of aryl methyl sites for hydroxylation is 2. The van der Waals surface area contributed by atoms with Crippen LogP contribution < -0.4 is 4.57 Å². The molecular formula is C17H18N3O3S2+. The molecule has 0 unspecified atom stereocenters. The van der Waals surface area contributed by atoms with Crippen molar-refractivity contribution in [1.29, 1.82) is 0 Å². The lowest BCUT2D eigenvalue weighted by molar-refractivity contribution is -0.673. The van der Waals surface area contributed by atoms with E-state index in [9.17, 15) is 8.42 Å². The van der Waals surface area contributed by atoms with Gasteiger partial charge in [-0.25, -0.2) is 0 Å². The summed E-state index contributed by atoms with van der Waals surface area (Å²) in [5, 5.41) is 9.48. The molecule has 1 N–H and O–H groups in total. The van der Waals surface area contributed by atoms with Gasteiger partial charge in [-0.05, 0) is 30.3 Å². The van der Waals surface area contributed by atoms with Crippen molar-refractivity contribution in [2.45, 2.75) is 24.8 Å². The van der Waals surface area contributed by atoms with Crippen LogP contribution in [0.4, 0.5) is 5.69 Å². The van der Waals surface area contributed by atoms with Crippen molar-refractivity contribution < 1.29 is 17.5 Å². The molecule has 0 atom stereocenters. The average Bonchev–Trinajstić information content (AvgIpc) is 2.90. The first kappa shape index (κ1) is 17.7. The average molecular weight is 376 g/mol. The van der Waals surface area contributed by atoms with Crippen LogP contribution in [0.1, 0.15) is 11.4 Å². The van der Waals surface area contributed by atoms with Crippen LogP contribution in [0.5, 0.6) is 0 Å². The molecule has 1 aromatic heterocycles. The molecule has 0 spiro atoms. The number of thiazole rings is 1. The van der Waals surface area contributed by atoms with Crippen LogP contribution in [0.15, 0.2) is 63.7 Å². The second-order valence-corrected chi connectivity index (χ2v) is 8.18. The summed E-state index contributed by atoms with van der Waals surface area (Å²) in [4.78, 5) is -0.150. The van der Waals surface area contributed by atoms with Crippen molar-refractivity contribution in [2.24, 2.45) is 10.2 Å². The summed E-state index contributed by atoms with van der Waals surface area (Å²) in [6.45, 7) is 3.57. The number of hydrogen-bond acceptors (Lipinski definition) is 5. The monoisotopic (exact) mass is 376 g/mol. The maximum absolute atomic E-state index is 11.0. The zero-order valence-corrected chi connectivity index (χ0v) is 15.3. The topological polar surface area (TPSA) is 83.0 Å². The third-order valence-electron chi connectivity index (χ3n) is 3.75.